The van der Waals surface area contributed by atoms with E-state index in [0.717, 1.165) is 83.6 Å². The van der Waals surface area contributed by atoms with Crippen LogP contribution in [-0.2, 0) is 9.53 Å². The predicted molar refractivity (Wildman–Crippen MR) is 126 cm³/mol. The molecule has 178 valence electrons. The Morgan fingerprint density at radius 2 is 1.65 bits per heavy atom. The summed E-state index contributed by atoms with van der Waals surface area (Å²) in [6.45, 7) is 9.35. The summed E-state index contributed by atoms with van der Waals surface area (Å²) in [6, 6.07) is 0. The first kappa shape index (κ1) is 24.3. The topological polar surface area (TPSA) is 69.2 Å². The van der Waals surface area contributed by atoms with Crippen molar-refractivity contribution in [1.29, 1.82) is 0 Å². The smallest absolute Gasteiger partial charge is 0.225 e. The fourth-order valence-electron chi connectivity index (χ4n) is 5.51. The Kier molecular flexibility index (Phi) is 10.4. The fourth-order valence-corrected chi connectivity index (χ4v) is 5.51. The lowest BCUT2D eigenvalue weighted by Crippen LogP contribution is -2.52. The van der Waals surface area contributed by atoms with Gasteiger partial charge in [-0.05, 0) is 44.9 Å². The number of nitrogens with zero attached hydrogens (tertiary/aromatic N) is 3. The van der Waals surface area contributed by atoms with E-state index in [1.165, 1.54) is 38.5 Å². The molecule has 0 bridgehead atoms. The van der Waals surface area contributed by atoms with Gasteiger partial charge < -0.3 is 20.3 Å². The maximum atomic E-state index is 12.6. The van der Waals surface area contributed by atoms with Gasteiger partial charge in [0.05, 0.1) is 6.10 Å². The molecule has 0 spiro atoms. The highest BCUT2D eigenvalue weighted by Gasteiger charge is 2.29. The van der Waals surface area contributed by atoms with E-state index in [9.17, 15) is 4.79 Å². The van der Waals surface area contributed by atoms with Crippen molar-refractivity contribution >= 4 is 11.9 Å². The van der Waals surface area contributed by atoms with Gasteiger partial charge in [-0.1, -0.05) is 25.7 Å². The number of carbonyl (C=O) groups is 1. The maximum absolute atomic E-state index is 12.6. The molecule has 7 nitrogen and oxygen atoms in total. The molecule has 1 saturated heterocycles. The zero-order valence-electron chi connectivity index (χ0n) is 19.9. The third-order valence-electron chi connectivity index (χ3n) is 7.36. The molecule has 0 aromatic rings. The van der Waals surface area contributed by atoms with Gasteiger partial charge in [0.15, 0.2) is 5.96 Å². The minimum absolute atomic E-state index is 0.304. The van der Waals surface area contributed by atoms with E-state index in [1.54, 1.807) is 0 Å². The van der Waals surface area contributed by atoms with Gasteiger partial charge in [0.25, 0.3) is 0 Å². The van der Waals surface area contributed by atoms with Crippen LogP contribution in [0.25, 0.3) is 0 Å². The first-order valence-corrected chi connectivity index (χ1v) is 12.8. The molecule has 7 heteroatoms. The number of hydrogen-bond acceptors (Lipinski definition) is 4. The monoisotopic (exact) mass is 435 g/mol. The number of guanidine groups is 1. The zero-order chi connectivity index (χ0) is 21.9. The first-order valence-electron chi connectivity index (χ1n) is 12.8. The Hall–Kier alpha value is -1.34. The lowest BCUT2D eigenvalue weighted by Gasteiger charge is -2.36. The second-order valence-electron chi connectivity index (χ2n) is 9.40. The summed E-state index contributed by atoms with van der Waals surface area (Å²) < 4.78 is 6.02. The van der Waals surface area contributed by atoms with Crippen LogP contribution in [0, 0.1) is 11.8 Å². The SMILES string of the molecule is CCOC(CCNC(=NC)NCCN1CCN(C(=O)C2CCCC2)CC1)C1CCCC1. The van der Waals surface area contributed by atoms with Crippen molar-refractivity contribution in [2.45, 2.75) is 70.8 Å². The minimum Gasteiger partial charge on any atom is -0.378 e. The molecule has 3 aliphatic rings. The Morgan fingerprint density at radius 3 is 2.29 bits per heavy atom. The van der Waals surface area contributed by atoms with Gasteiger partial charge in [0.1, 0.15) is 0 Å². The van der Waals surface area contributed by atoms with Crippen LogP contribution in [-0.4, -0.2) is 87.2 Å². The van der Waals surface area contributed by atoms with Crippen LogP contribution in [0.2, 0.25) is 0 Å². The fraction of sp³-hybridized carbons (Fsp3) is 0.917. The number of amides is 1. The van der Waals surface area contributed by atoms with Gasteiger partial charge in [0, 0.05) is 65.4 Å². The number of carbonyl (C=O) groups excluding carboxylic acids is 1. The van der Waals surface area contributed by atoms with Crippen molar-refractivity contribution in [1.82, 2.24) is 20.4 Å². The summed E-state index contributed by atoms with van der Waals surface area (Å²) in [5, 5.41) is 6.91. The minimum atomic E-state index is 0.304. The molecule has 1 aliphatic heterocycles. The van der Waals surface area contributed by atoms with Crippen LogP contribution in [0.3, 0.4) is 0 Å². The van der Waals surface area contributed by atoms with Crippen molar-refractivity contribution in [3.63, 3.8) is 0 Å². The summed E-state index contributed by atoms with van der Waals surface area (Å²) >= 11 is 0. The molecule has 2 N–H and O–H groups in total. The number of hydrogen-bond donors (Lipinski definition) is 2. The van der Waals surface area contributed by atoms with Crippen molar-refractivity contribution in [2.24, 2.45) is 16.8 Å². The van der Waals surface area contributed by atoms with Crippen LogP contribution >= 0.6 is 0 Å². The lowest BCUT2D eigenvalue weighted by molar-refractivity contribution is -0.137. The van der Waals surface area contributed by atoms with Gasteiger partial charge in [-0.15, -0.1) is 0 Å². The summed E-state index contributed by atoms with van der Waals surface area (Å²) in [4.78, 5) is 21.5. The van der Waals surface area contributed by atoms with Gasteiger partial charge in [-0.3, -0.25) is 14.7 Å². The van der Waals surface area contributed by atoms with E-state index in [1.807, 2.05) is 7.05 Å². The Morgan fingerprint density at radius 1 is 1.00 bits per heavy atom. The molecular weight excluding hydrogens is 390 g/mol. The summed E-state index contributed by atoms with van der Waals surface area (Å²) in [5.74, 6) is 2.31. The largest absolute Gasteiger partial charge is 0.378 e. The molecule has 2 saturated carbocycles. The van der Waals surface area contributed by atoms with E-state index in [0.29, 0.717) is 17.9 Å². The molecule has 0 radical (unpaired) electrons. The van der Waals surface area contributed by atoms with Crippen molar-refractivity contribution in [3.8, 4) is 0 Å². The predicted octanol–water partition coefficient (Wildman–Crippen LogP) is 2.47. The van der Waals surface area contributed by atoms with Crippen molar-refractivity contribution < 1.29 is 9.53 Å². The average molecular weight is 436 g/mol. The third-order valence-corrected chi connectivity index (χ3v) is 7.36. The summed E-state index contributed by atoms with van der Waals surface area (Å²) in [7, 11) is 1.83. The zero-order valence-corrected chi connectivity index (χ0v) is 19.9. The van der Waals surface area contributed by atoms with E-state index in [-0.39, 0.29) is 0 Å². The number of ether oxygens (including phenoxy) is 1. The molecule has 1 heterocycles. The lowest BCUT2D eigenvalue weighted by atomic mass is 9.98. The molecule has 3 fully saturated rings. The molecule has 2 aliphatic carbocycles. The van der Waals surface area contributed by atoms with Crippen LogP contribution in [0.5, 0.6) is 0 Å². The molecule has 31 heavy (non-hydrogen) atoms. The summed E-state index contributed by atoms with van der Waals surface area (Å²) in [6.07, 6.45) is 11.4. The van der Waals surface area contributed by atoms with Crippen LogP contribution in [0.15, 0.2) is 4.99 Å². The number of piperazine rings is 1. The standard InChI is InChI=1S/C24H45N5O2/c1-3-31-22(20-8-4-5-9-20)12-13-26-24(25-2)27-14-15-28-16-18-29(19-17-28)23(30)21-10-6-7-11-21/h20-22H,3-19H2,1-2H3,(H2,25,26,27). The number of aliphatic imine (C=N–C) groups is 1. The second kappa shape index (κ2) is 13.3. The molecular formula is C24H45N5O2. The quantitative estimate of drug-likeness (QED) is 0.408. The molecule has 0 aromatic heterocycles. The molecule has 1 unspecified atom stereocenters. The molecule has 0 aromatic carbocycles. The van der Waals surface area contributed by atoms with Crippen LogP contribution < -0.4 is 10.6 Å². The summed E-state index contributed by atoms with van der Waals surface area (Å²) in [5.41, 5.74) is 0. The Bertz CT molecular complexity index is 550. The Balaban J connectivity index is 1.28. The van der Waals surface area contributed by atoms with E-state index in [4.69, 9.17) is 4.74 Å². The van der Waals surface area contributed by atoms with E-state index < -0.39 is 0 Å². The average Bonchev–Trinajstić information content (AvgIpc) is 3.52. The number of nitrogens with one attached hydrogen (secondary N) is 2. The van der Waals surface area contributed by atoms with E-state index in [2.05, 4.69) is 32.3 Å². The highest BCUT2D eigenvalue weighted by molar-refractivity contribution is 5.79. The van der Waals surface area contributed by atoms with Gasteiger partial charge in [0.2, 0.25) is 5.91 Å². The third kappa shape index (κ3) is 7.63. The Labute approximate surface area is 189 Å². The van der Waals surface area contributed by atoms with Gasteiger partial charge in [-0.2, -0.15) is 0 Å². The van der Waals surface area contributed by atoms with Crippen molar-refractivity contribution in [3.05, 3.63) is 0 Å². The van der Waals surface area contributed by atoms with Gasteiger partial charge >= 0.3 is 0 Å². The number of rotatable bonds is 10. The molecule has 1 atom stereocenters. The molecule has 1 amide bonds. The van der Waals surface area contributed by atoms with Crippen LogP contribution in [0.4, 0.5) is 0 Å². The van der Waals surface area contributed by atoms with Crippen molar-refractivity contribution in [2.75, 3.05) is 59.5 Å². The highest BCUT2D eigenvalue weighted by Crippen LogP contribution is 2.30. The second-order valence-corrected chi connectivity index (χ2v) is 9.40. The normalized spacial score (nSPS) is 22.8. The maximum Gasteiger partial charge on any atom is 0.225 e. The highest BCUT2D eigenvalue weighted by atomic mass is 16.5. The van der Waals surface area contributed by atoms with Gasteiger partial charge in [-0.25, -0.2) is 0 Å². The van der Waals surface area contributed by atoms with E-state index >= 15 is 0 Å². The van der Waals surface area contributed by atoms with Crippen LogP contribution in [0.1, 0.15) is 64.7 Å². The molecule has 3 rings (SSSR count). The first-order chi connectivity index (χ1) is 15.2.